The van der Waals surface area contributed by atoms with E-state index in [-0.39, 0.29) is 42.2 Å². The van der Waals surface area contributed by atoms with E-state index in [1.165, 1.54) is 13.4 Å². The van der Waals surface area contributed by atoms with Crippen LogP contribution in [0.3, 0.4) is 0 Å². The van der Waals surface area contributed by atoms with Crippen molar-refractivity contribution in [2.24, 2.45) is 15.5 Å². The first kappa shape index (κ1) is 68.1. The minimum absolute atomic E-state index is 0. The Labute approximate surface area is 438 Å². The van der Waals surface area contributed by atoms with Gasteiger partial charge in [-0.05, 0) is 175 Å². The highest BCUT2D eigenvalue weighted by Crippen LogP contribution is 2.38. The first-order valence-electron chi connectivity index (χ1n) is 24.0. The molecule has 73 heavy (non-hydrogen) atoms. The Balaban J connectivity index is 0.000000829. The summed E-state index contributed by atoms with van der Waals surface area (Å²) in [5.41, 5.74) is 4.18. The van der Waals surface area contributed by atoms with Gasteiger partial charge in [0.15, 0.2) is 11.2 Å². The molecule has 0 spiro atoms. The van der Waals surface area contributed by atoms with Crippen LogP contribution >= 0.6 is 0 Å². The Bertz CT molecular complexity index is 2110. The SMILES string of the molecule is C.CC1=COC(C)(C)C1(C)O.CC1=COC(C)(C)C1=O.CC1=COC(C)(C)C1O.CC1=NOC(C)(C)/C1=N\O.CO/N=C1/C(C)=COC1(C)C.COC1C(C)=COC1(C)C.COCCOC1C(C)=COC1(C)C. The van der Waals surface area contributed by atoms with Gasteiger partial charge < -0.3 is 67.7 Å². The van der Waals surface area contributed by atoms with Gasteiger partial charge in [-0.25, -0.2) is 0 Å². The number of ketones is 1. The first-order chi connectivity index (χ1) is 32.8. The van der Waals surface area contributed by atoms with Crippen LogP contribution in [-0.4, -0.2) is 136 Å². The van der Waals surface area contributed by atoms with Crippen LogP contribution in [0.5, 0.6) is 0 Å². The van der Waals surface area contributed by atoms with Crippen LogP contribution in [0.15, 0.2) is 86.5 Å². The average Bonchev–Trinajstić information content (AvgIpc) is 4.07. The van der Waals surface area contributed by atoms with Gasteiger partial charge in [0.2, 0.25) is 5.78 Å². The van der Waals surface area contributed by atoms with Crippen LogP contribution in [-0.2, 0) is 57.1 Å². The molecule has 18 heteroatoms. The molecule has 0 fully saturated rings. The van der Waals surface area contributed by atoms with Crippen LogP contribution in [0.1, 0.15) is 160 Å². The van der Waals surface area contributed by atoms with Crippen molar-refractivity contribution in [1.29, 1.82) is 0 Å². The molecule has 0 radical (unpaired) electrons. The van der Waals surface area contributed by atoms with E-state index in [1.807, 2.05) is 104 Å². The van der Waals surface area contributed by atoms with Crippen LogP contribution in [0.25, 0.3) is 0 Å². The second kappa shape index (κ2) is 27.1. The van der Waals surface area contributed by atoms with Gasteiger partial charge in [-0.2, -0.15) is 0 Å². The molecule has 0 bridgehead atoms. The monoisotopic (exact) mass is 1040 g/mol. The molecule has 4 unspecified atom stereocenters. The van der Waals surface area contributed by atoms with Gasteiger partial charge in [0.25, 0.3) is 0 Å². The largest absolute Gasteiger partial charge is 0.492 e. The molecule has 0 aromatic carbocycles. The maximum atomic E-state index is 11.0. The van der Waals surface area contributed by atoms with Gasteiger partial charge in [-0.3, -0.25) is 4.79 Å². The lowest BCUT2D eigenvalue weighted by atomic mass is 9.84. The smallest absolute Gasteiger partial charge is 0.204 e. The van der Waals surface area contributed by atoms with E-state index in [4.69, 9.17) is 57.5 Å². The lowest BCUT2D eigenvalue weighted by molar-refractivity contribution is -0.127. The fourth-order valence-electron chi connectivity index (χ4n) is 7.56. The number of nitrogens with zero attached hydrogens (tertiary/aromatic N) is 3. The molecule has 0 aromatic heterocycles. The van der Waals surface area contributed by atoms with E-state index < -0.39 is 34.1 Å². The number of Topliss-reactive ketones (excluding diaryl/α,β-unsaturated/α-hetero) is 1. The van der Waals surface area contributed by atoms with E-state index in [2.05, 4.69) is 15.5 Å². The maximum absolute atomic E-state index is 11.0. The number of carbonyl (C=O) groups is 1. The Kier molecular flexibility index (Phi) is 25.3. The Morgan fingerprint density at radius 2 is 1.07 bits per heavy atom. The van der Waals surface area contributed by atoms with Crippen molar-refractivity contribution in [3.8, 4) is 0 Å². The summed E-state index contributed by atoms with van der Waals surface area (Å²) in [4.78, 5) is 20.7. The van der Waals surface area contributed by atoms with E-state index in [0.717, 1.165) is 33.6 Å². The van der Waals surface area contributed by atoms with Gasteiger partial charge in [0.1, 0.15) is 76.2 Å². The van der Waals surface area contributed by atoms with E-state index in [0.29, 0.717) is 30.2 Å². The predicted octanol–water partition coefficient (Wildman–Crippen LogP) is 10.6. The summed E-state index contributed by atoms with van der Waals surface area (Å²) in [7, 11) is 4.91. The van der Waals surface area contributed by atoms with Crippen molar-refractivity contribution in [3.63, 3.8) is 0 Å². The number of ether oxygens (including phenoxy) is 9. The molecule has 3 N–H and O–H groups in total. The number of methoxy groups -OCH3 is 2. The molecule has 4 atom stereocenters. The lowest BCUT2D eigenvalue weighted by Gasteiger charge is -2.32. The van der Waals surface area contributed by atoms with Crippen LogP contribution in [0, 0.1) is 0 Å². The topological polar surface area (TPSA) is 216 Å². The molecule has 7 rings (SSSR count). The number of oxime groups is 3. The number of hydrogen-bond donors (Lipinski definition) is 3. The van der Waals surface area contributed by atoms with Crippen molar-refractivity contribution in [3.05, 3.63) is 71.0 Å². The summed E-state index contributed by atoms with van der Waals surface area (Å²) in [5.74, 6) is 0.0856. The van der Waals surface area contributed by atoms with Gasteiger partial charge in [-0.15, -0.1) is 0 Å². The van der Waals surface area contributed by atoms with Crippen LogP contribution < -0.4 is 0 Å². The molecule has 0 saturated heterocycles. The van der Waals surface area contributed by atoms with Crippen molar-refractivity contribution in [2.75, 3.05) is 34.5 Å². The molecule has 0 aromatic rings. The molecule has 7 heterocycles. The van der Waals surface area contributed by atoms with Gasteiger partial charge >= 0.3 is 0 Å². The van der Waals surface area contributed by atoms with Gasteiger partial charge in [0.05, 0.1) is 50.8 Å². The molecular formula is C55H95N3O15. The first-order valence-corrected chi connectivity index (χ1v) is 24.0. The molecule has 0 aliphatic carbocycles. The Hall–Kier alpha value is -4.88. The summed E-state index contributed by atoms with van der Waals surface area (Å²) in [6.07, 6.45) is 9.75. The molecule has 7 aliphatic heterocycles. The standard InChI is InChI=1S/C10H18O3.C8H13NO2.2C8H14O2.C7H12O2.C7H10O2.C6H10N2O2.CH4/c1-8-7-13-10(2,3)9(8)12-6-5-11-4;1-6-5-11-8(2,3)7(6)9-10-4;1-6-5-10-8(2,3)7(6)9-4;1-6-5-10-7(2,3)8(6,4)9;2*1-5-4-9-7(2,3)6(5)8;1-4-5(7-9)6(2,3)10-8-4;/h7,9H,5-6H2,1-4H3;5H,1-4H3;5,7H,1-4H3;5,9H,1-4H3;4,6,8H,1-3H3;4H,1-3H3;9H,1-3H3;1H4/b;9-7-;;;;;7-5-;. The third-order valence-corrected chi connectivity index (χ3v) is 12.6. The number of hydrogen-bond acceptors (Lipinski definition) is 18. The van der Waals surface area contributed by atoms with Crippen LogP contribution in [0.2, 0.25) is 0 Å². The minimum atomic E-state index is -0.812. The highest BCUT2D eigenvalue weighted by atomic mass is 16.7. The summed E-state index contributed by atoms with van der Waals surface area (Å²) in [6.45, 7) is 42.8. The lowest BCUT2D eigenvalue weighted by Crippen LogP contribution is -2.45. The fourth-order valence-corrected chi connectivity index (χ4v) is 7.56. The number of aliphatic hydroxyl groups is 2. The quantitative estimate of drug-likeness (QED) is 0.128. The molecule has 0 saturated carbocycles. The molecular weight excluding hydrogens is 943 g/mol. The van der Waals surface area contributed by atoms with Crippen molar-refractivity contribution in [1.82, 2.24) is 0 Å². The Morgan fingerprint density at radius 1 is 0.589 bits per heavy atom. The summed E-state index contributed by atoms with van der Waals surface area (Å²) >= 11 is 0. The van der Waals surface area contributed by atoms with Crippen molar-refractivity contribution >= 4 is 22.9 Å². The number of carbonyl (C=O) groups excluding carboxylic acids is 1. The third kappa shape index (κ3) is 18.5. The maximum Gasteiger partial charge on any atom is 0.204 e. The predicted molar refractivity (Wildman–Crippen MR) is 286 cm³/mol. The van der Waals surface area contributed by atoms with E-state index in [1.54, 1.807) is 94.0 Å². The van der Waals surface area contributed by atoms with Gasteiger partial charge in [0, 0.05) is 25.4 Å². The van der Waals surface area contributed by atoms with E-state index >= 15 is 0 Å². The second-order valence-corrected chi connectivity index (χ2v) is 22.0. The molecule has 0 amide bonds. The van der Waals surface area contributed by atoms with Crippen molar-refractivity contribution in [2.45, 2.75) is 223 Å². The van der Waals surface area contributed by atoms with E-state index in [9.17, 15) is 15.0 Å². The van der Waals surface area contributed by atoms with Crippen LogP contribution in [0.4, 0.5) is 0 Å². The average molecular weight is 1040 g/mol. The molecule has 7 aliphatic rings. The highest BCUT2D eigenvalue weighted by Gasteiger charge is 2.47. The third-order valence-electron chi connectivity index (χ3n) is 12.6. The van der Waals surface area contributed by atoms with Crippen molar-refractivity contribution < 1.29 is 72.5 Å². The number of aliphatic hydroxyl groups excluding tert-OH is 1. The zero-order valence-corrected chi connectivity index (χ0v) is 48.2. The molecule has 18 nitrogen and oxygen atoms in total. The summed E-state index contributed by atoms with van der Waals surface area (Å²) in [5, 5.41) is 38.3. The normalized spacial score (nSPS) is 27.8. The van der Waals surface area contributed by atoms with Gasteiger partial charge in [-0.1, -0.05) is 22.9 Å². The fraction of sp³-hybridized carbons (Fsp3) is 0.709. The second-order valence-electron chi connectivity index (χ2n) is 22.0. The number of rotatable bonds is 6. The zero-order chi connectivity index (χ0) is 56.1. The minimum Gasteiger partial charge on any atom is -0.492 e. The zero-order valence-electron chi connectivity index (χ0n) is 48.2. The molecule has 420 valence electrons. The Morgan fingerprint density at radius 3 is 1.29 bits per heavy atom. The summed E-state index contributed by atoms with van der Waals surface area (Å²) < 4.78 is 47.5. The highest BCUT2D eigenvalue weighted by molar-refractivity contribution is 6.45. The summed E-state index contributed by atoms with van der Waals surface area (Å²) in [6, 6.07) is 0.